The van der Waals surface area contributed by atoms with Gasteiger partial charge in [-0.3, -0.25) is 14.5 Å². The van der Waals surface area contributed by atoms with E-state index in [9.17, 15) is 23.2 Å². The zero-order chi connectivity index (χ0) is 26.2. The maximum absolute atomic E-state index is 13.9. The van der Waals surface area contributed by atoms with Gasteiger partial charge in [-0.1, -0.05) is 25.0 Å². The van der Waals surface area contributed by atoms with E-state index in [0.717, 1.165) is 44.9 Å². The molecule has 5 fully saturated rings. The number of imide groups is 1. The number of fused-ring (bicyclic) bond motifs is 6. The number of carbonyl (C=O) groups excluding carboxylic acids is 2. The number of carbonyl (C=O) groups is 2. The smallest absolute Gasteiger partial charge is 0.285 e. The largest absolute Gasteiger partial charge is 0.633 e. The molecule has 3 aliphatic carbocycles. The Balaban J connectivity index is 1.02. The summed E-state index contributed by atoms with van der Waals surface area (Å²) in [4.78, 5) is 30.3. The molecule has 1 aromatic rings. The fourth-order valence-electron chi connectivity index (χ4n) is 8.62. The standard InChI is InChI=1S/C28H36N4O5S/c33-27-24-18-9-10-19(15-18)25(24)28(34)31(27)16-20-5-1-2-6-21(20)17-32(35)13-11-30(12-14-32)26-22-7-3-4-8-23(22)38(36,37)29-26/h3-4,7-8,18-21,24-25H,1-2,5-6,9-17H2/t18-,19+,20-,21-,24+,25-/m0/s1. The number of hydroxylamine groups is 3. The first-order valence-corrected chi connectivity index (χ1v) is 15.8. The Morgan fingerprint density at radius 3 is 2.24 bits per heavy atom. The molecule has 38 heavy (non-hydrogen) atoms. The number of hydrogen-bond acceptors (Lipinski definition) is 6. The van der Waals surface area contributed by atoms with Crippen molar-refractivity contribution in [1.82, 2.24) is 9.80 Å². The van der Waals surface area contributed by atoms with Gasteiger partial charge in [0.05, 0.1) is 44.6 Å². The number of sulfonamides is 1. The van der Waals surface area contributed by atoms with Gasteiger partial charge in [0, 0.05) is 18.0 Å². The third-order valence-corrected chi connectivity index (χ3v) is 11.9. The summed E-state index contributed by atoms with van der Waals surface area (Å²) >= 11 is 0. The van der Waals surface area contributed by atoms with Crippen LogP contribution in [0.5, 0.6) is 0 Å². The Hall–Kier alpha value is -2.30. The van der Waals surface area contributed by atoms with Crippen molar-refractivity contribution >= 4 is 27.7 Å². The van der Waals surface area contributed by atoms with Gasteiger partial charge in [0.15, 0.2) is 5.84 Å². The van der Waals surface area contributed by atoms with Gasteiger partial charge in [0.25, 0.3) is 10.0 Å². The quantitative estimate of drug-likeness (QED) is 0.330. The van der Waals surface area contributed by atoms with Crippen LogP contribution in [0.4, 0.5) is 0 Å². The molecule has 0 radical (unpaired) electrons. The maximum Gasteiger partial charge on any atom is 0.285 e. The number of amidine groups is 1. The van der Waals surface area contributed by atoms with Crippen molar-refractivity contribution in [3.05, 3.63) is 35.0 Å². The highest BCUT2D eigenvalue weighted by molar-refractivity contribution is 7.90. The number of likely N-dealkylation sites (tertiary alicyclic amines) is 1. The van der Waals surface area contributed by atoms with Gasteiger partial charge in [0.1, 0.15) is 4.90 Å². The van der Waals surface area contributed by atoms with E-state index in [1.807, 2.05) is 11.0 Å². The van der Waals surface area contributed by atoms with Crippen molar-refractivity contribution in [2.45, 2.75) is 49.8 Å². The van der Waals surface area contributed by atoms with E-state index in [-0.39, 0.29) is 45.0 Å². The molecule has 3 aliphatic heterocycles. The molecule has 2 amide bonds. The zero-order valence-electron chi connectivity index (χ0n) is 21.7. The van der Waals surface area contributed by atoms with E-state index in [1.165, 1.54) is 0 Å². The fraction of sp³-hybridized carbons (Fsp3) is 0.679. The number of rotatable bonds is 4. The first kappa shape index (κ1) is 24.7. The van der Waals surface area contributed by atoms with Crippen molar-refractivity contribution in [1.29, 1.82) is 0 Å². The molecule has 3 heterocycles. The monoisotopic (exact) mass is 540 g/mol. The second kappa shape index (κ2) is 8.86. The van der Waals surface area contributed by atoms with Crippen LogP contribution in [-0.4, -0.2) is 79.8 Å². The van der Waals surface area contributed by atoms with Crippen LogP contribution >= 0.6 is 0 Å². The van der Waals surface area contributed by atoms with Crippen LogP contribution in [0.1, 0.15) is 50.5 Å². The minimum atomic E-state index is -3.69. The number of benzene rings is 1. The Kier molecular flexibility index (Phi) is 5.76. The van der Waals surface area contributed by atoms with Gasteiger partial charge >= 0.3 is 0 Å². The van der Waals surface area contributed by atoms with Gasteiger partial charge in [0.2, 0.25) is 11.8 Å². The highest BCUT2D eigenvalue weighted by Gasteiger charge is 2.61. The van der Waals surface area contributed by atoms with Gasteiger partial charge in [-0.15, -0.1) is 4.40 Å². The second-order valence-corrected chi connectivity index (χ2v) is 14.1. The third kappa shape index (κ3) is 3.85. The number of quaternary nitrogens is 1. The molecule has 0 unspecified atom stereocenters. The first-order valence-electron chi connectivity index (χ1n) is 14.4. The lowest BCUT2D eigenvalue weighted by molar-refractivity contribution is -0.888. The number of amides is 2. The predicted molar refractivity (Wildman–Crippen MR) is 140 cm³/mol. The van der Waals surface area contributed by atoms with Crippen LogP contribution in [-0.2, 0) is 19.6 Å². The van der Waals surface area contributed by atoms with E-state index >= 15 is 0 Å². The van der Waals surface area contributed by atoms with Crippen LogP contribution in [0.25, 0.3) is 0 Å². The summed E-state index contributed by atoms with van der Waals surface area (Å²) in [6.07, 6.45) is 7.30. The van der Waals surface area contributed by atoms with E-state index in [0.29, 0.717) is 62.5 Å². The second-order valence-electron chi connectivity index (χ2n) is 12.5. The van der Waals surface area contributed by atoms with Crippen molar-refractivity contribution in [2.24, 2.45) is 39.9 Å². The van der Waals surface area contributed by atoms with Crippen molar-refractivity contribution in [2.75, 3.05) is 39.3 Å². The van der Waals surface area contributed by atoms with E-state index < -0.39 is 10.0 Å². The first-order chi connectivity index (χ1) is 18.2. The summed E-state index contributed by atoms with van der Waals surface area (Å²) < 4.78 is 28.7. The predicted octanol–water partition coefficient (Wildman–Crippen LogP) is 2.60. The zero-order valence-corrected chi connectivity index (χ0v) is 22.5. The molecule has 2 bridgehead atoms. The van der Waals surface area contributed by atoms with E-state index in [2.05, 4.69) is 4.40 Å². The molecule has 204 valence electrons. The molecule has 7 rings (SSSR count). The third-order valence-electron chi connectivity index (χ3n) is 10.5. The lowest BCUT2D eigenvalue weighted by atomic mass is 9.78. The molecule has 0 spiro atoms. The molecule has 0 N–H and O–H groups in total. The number of piperazine rings is 1. The van der Waals surface area contributed by atoms with Crippen molar-refractivity contribution < 1.29 is 22.7 Å². The van der Waals surface area contributed by atoms with Crippen molar-refractivity contribution in [3.8, 4) is 0 Å². The molecule has 2 saturated heterocycles. The normalized spacial score (nSPS) is 36.9. The minimum Gasteiger partial charge on any atom is -0.633 e. The molecule has 9 nitrogen and oxygen atoms in total. The fourth-order valence-corrected chi connectivity index (χ4v) is 9.85. The van der Waals surface area contributed by atoms with Crippen LogP contribution in [0.3, 0.4) is 0 Å². The van der Waals surface area contributed by atoms with Gasteiger partial charge < -0.3 is 14.8 Å². The molecule has 6 atom stereocenters. The highest BCUT2D eigenvalue weighted by atomic mass is 32.2. The summed E-state index contributed by atoms with van der Waals surface area (Å²) in [5.41, 5.74) is 0.615. The summed E-state index contributed by atoms with van der Waals surface area (Å²) in [5.74, 6) is 1.57. The lowest BCUT2D eigenvalue weighted by Crippen LogP contribution is -2.59. The van der Waals surface area contributed by atoms with E-state index in [1.54, 1.807) is 23.1 Å². The Labute approximate surface area is 224 Å². The Morgan fingerprint density at radius 2 is 1.55 bits per heavy atom. The maximum atomic E-state index is 13.9. The number of nitrogens with zero attached hydrogens (tertiary/aromatic N) is 4. The van der Waals surface area contributed by atoms with Crippen LogP contribution < -0.4 is 0 Å². The average molecular weight is 541 g/mol. The molecular weight excluding hydrogens is 504 g/mol. The lowest BCUT2D eigenvalue weighted by Gasteiger charge is -2.51. The topological polar surface area (TPSA) is 110 Å². The molecular formula is C28H36N4O5S. The SMILES string of the molecule is O=C1[C@@H]2[C@H]3CC[C@H](C3)[C@@H]2C(=O)N1C[C@@H]1CCCC[C@H]1C[N+]1([O-])CCN(C2=NS(=O)(=O)c3ccccc32)CC1. The number of hydrogen-bond donors (Lipinski definition) is 0. The van der Waals surface area contributed by atoms with Crippen LogP contribution in [0, 0.1) is 40.7 Å². The van der Waals surface area contributed by atoms with Gasteiger partial charge in [-0.25, -0.2) is 0 Å². The summed E-state index contributed by atoms with van der Waals surface area (Å²) in [7, 11) is -3.69. The highest BCUT2D eigenvalue weighted by Crippen LogP contribution is 2.56. The van der Waals surface area contributed by atoms with Crippen LogP contribution in [0.15, 0.2) is 33.6 Å². The average Bonchev–Trinajstić information content (AvgIpc) is 3.64. The minimum absolute atomic E-state index is 0.0590. The Morgan fingerprint density at radius 1 is 0.921 bits per heavy atom. The Bertz CT molecular complexity index is 1280. The molecule has 6 aliphatic rings. The van der Waals surface area contributed by atoms with Gasteiger partial charge in [-0.2, -0.15) is 8.42 Å². The van der Waals surface area contributed by atoms with Crippen LogP contribution in [0.2, 0.25) is 0 Å². The van der Waals surface area contributed by atoms with Crippen molar-refractivity contribution in [3.63, 3.8) is 0 Å². The summed E-state index contributed by atoms with van der Waals surface area (Å²) in [6, 6.07) is 6.87. The summed E-state index contributed by atoms with van der Waals surface area (Å²) in [6.45, 7) is 2.64. The summed E-state index contributed by atoms with van der Waals surface area (Å²) in [5, 5.41) is 13.9. The van der Waals surface area contributed by atoms with E-state index in [4.69, 9.17) is 0 Å². The molecule has 0 aromatic heterocycles. The molecule has 10 heteroatoms. The van der Waals surface area contributed by atoms with Gasteiger partial charge in [-0.05, 0) is 62.0 Å². The molecule has 3 saturated carbocycles. The molecule has 1 aromatic carbocycles.